The van der Waals surface area contributed by atoms with E-state index in [1.165, 1.54) is 60.3 Å². The second-order valence-corrected chi connectivity index (χ2v) is 12.8. The molecule has 36 heavy (non-hydrogen) atoms. The van der Waals surface area contributed by atoms with Gasteiger partial charge in [-0.15, -0.1) is 0 Å². The summed E-state index contributed by atoms with van der Waals surface area (Å²) in [5, 5.41) is 7.59. The third kappa shape index (κ3) is 3.42. The fraction of sp³-hybridized carbons (Fsp3) is 0.324. The predicted molar refractivity (Wildman–Crippen MR) is 152 cm³/mol. The van der Waals surface area contributed by atoms with Gasteiger partial charge >= 0.3 is 0 Å². The molecule has 0 bridgehead atoms. The molecule has 0 atom stereocenters. The number of fused-ring (bicyclic) bond motifs is 5. The molecule has 2 heterocycles. The van der Waals surface area contributed by atoms with E-state index in [9.17, 15) is 0 Å². The van der Waals surface area contributed by atoms with Gasteiger partial charge in [-0.1, -0.05) is 84.0 Å². The molecule has 182 valence electrons. The van der Waals surface area contributed by atoms with E-state index in [2.05, 4.69) is 121 Å². The van der Waals surface area contributed by atoms with Crippen LogP contribution in [0.3, 0.4) is 0 Å². The summed E-state index contributed by atoms with van der Waals surface area (Å²) in [6.45, 7) is 16.0. The van der Waals surface area contributed by atoms with Crippen LogP contribution in [0.2, 0.25) is 0 Å². The number of benzene rings is 4. The zero-order valence-electron chi connectivity index (χ0n) is 22.8. The number of nitrogens with zero attached hydrogens (tertiary/aromatic N) is 1. The van der Waals surface area contributed by atoms with Crippen LogP contribution in [0.4, 0.5) is 0 Å². The van der Waals surface area contributed by atoms with Crippen molar-refractivity contribution in [1.82, 2.24) is 0 Å². The third-order valence-corrected chi connectivity index (χ3v) is 7.63. The van der Waals surface area contributed by atoms with Crippen molar-refractivity contribution in [2.45, 2.75) is 60.3 Å². The fourth-order valence-corrected chi connectivity index (χ4v) is 6.24. The Morgan fingerprint density at radius 1 is 0.806 bits per heavy atom. The molecular weight excluding hydrogens is 438 g/mol. The molecule has 2 heteroatoms. The van der Waals surface area contributed by atoms with E-state index >= 15 is 0 Å². The van der Waals surface area contributed by atoms with Crippen molar-refractivity contribution < 1.29 is 9.30 Å². The highest BCUT2D eigenvalue weighted by Crippen LogP contribution is 2.54. The molecule has 0 saturated heterocycles. The Hall–Kier alpha value is -3.39. The lowest BCUT2D eigenvalue weighted by molar-refractivity contribution is -0.659. The zero-order chi connectivity index (χ0) is 25.6. The molecule has 0 radical (unpaired) electrons. The molecule has 0 saturated carbocycles. The highest BCUT2D eigenvalue weighted by atomic mass is 16.5. The van der Waals surface area contributed by atoms with Crippen LogP contribution in [-0.2, 0) is 18.9 Å². The smallest absolute Gasteiger partial charge is 0.228 e. The summed E-state index contributed by atoms with van der Waals surface area (Å²) in [4.78, 5) is 0. The molecule has 1 aliphatic rings. The van der Waals surface area contributed by atoms with Crippen LogP contribution in [0.5, 0.6) is 11.5 Å². The Bertz CT molecular complexity index is 1710. The summed E-state index contributed by atoms with van der Waals surface area (Å²) < 4.78 is 9.27. The molecule has 0 N–H and O–H groups in total. The van der Waals surface area contributed by atoms with E-state index in [0.29, 0.717) is 0 Å². The van der Waals surface area contributed by atoms with E-state index in [4.69, 9.17) is 4.74 Å². The minimum Gasteiger partial charge on any atom is -0.455 e. The van der Waals surface area contributed by atoms with Gasteiger partial charge in [0.1, 0.15) is 18.5 Å². The Balaban J connectivity index is 1.75. The summed E-state index contributed by atoms with van der Waals surface area (Å²) in [6.07, 6.45) is 3.26. The Morgan fingerprint density at radius 3 is 2.22 bits per heavy atom. The second-order valence-electron chi connectivity index (χ2n) is 12.8. The normalized spacial score (nSPS) is 13.3. The largest absolute Gasteiger partial charge is 0.455 e. The molecule has 0 amide bonds. The standard InChI is InChI=1S/C34H36NO/c1-20-23-11-9-10-12-26(23)30(34(5,6)7)32-28(20)31-29-25(15-16-35(31)8)24-14-13-21(19-33(2,3)4)17-22(24)18-27(29)36-32/h9-18H,19H2,1-8H3/q+1. The van der Waals surface area contributed by atoms with Gasteiger partial charge < -0.3 is 4.74 Å². The van der Waals surface area contributed by atoms with Gasteiger partial charge in [0.15, 0.2) is 6.20 Å². The molecule has 1 aromatic heterocycles. The maximum Gasteiger partial charge on any atom is 0.228 e. The summed E-state index contributed by atoms with van der Waals surface area (Å²) in [7, 11) is 2.16. The molecule has 5 aromatic rings. The van der Waals surface area contributed by atoms with Gasteiger partial charge in [-0.25, -0.2) is 4.57 Å². The molecule has 6 rings (SSSR count). The number of pyridine rings is 1. The first-order chi connectivity index (χ1) is 16.9. The Kier molecular flexibility index (Phi) is 4.83. The highest BCUT2D eigenvalue weighted by molar-refractivity contribution is 6.16. The van der Waals surface area contributed by atoms with Crippen LogP contribution in [-0.4, -0.2) is 0 Å². The van der Waals surface area contributed by atoms with Crippen LogP contribution in [0.1, 0.15) is 58.2 Å². The van der Waals surface area contributed by atoms with Gasteiger partial charge in [0, 0.05) is 17.0 Å². The minimum absolute atomic E-state index is 0.0713. The number of rotatable bonds is 1. The molecule has 0 spiro atoms. The van der Waals surface area contributed by atoms with Crippen molar-refractivity contribution in [3.8, 4) is 22.8 Å². The molecule has 0 aliphatic carbocycles. The topological polar surface area (TPSA) is 13.1 Å². The summed E-state index contributed by atoms with van der Waals surface area (Å²) in [6, 6.07) is 20.3. The van der Waals surface area contributed by atoms with Gasteiger partial charge in [0.25, 0.3) is 0 Å². The van der Waals surface area contributed by atoms with E-state index in [1.807, 2.05) is 0 Å². The zero-order valence-corrected chi connectivity index (χ0v) is 22.8. The van der Waals surface area contributed by atoms with Crippen LogP contribution in [0, 0.1) is 12.3 Å². The first-order valence-electron chi connectivity index (χ1n) is 13.1. The lowest BCUT2D eigenvalue weighted by atomic mass is 9.78. The second kappa shape index (κ2) is 7.56. The summed E-state index contributed by atoms with van der Waals surface area (Å²) >= 11 is 0. The average Bonchev–Trinajstić information content (AvgIpc) is 2.78. The van der Waals surface area contributed by atoms with Crippen LogP contribution in [0.25, 0.3) is 43.6 Å². The molecule has 0 fully saturated rings. The Morgan fingerprint density at radius 2 is 1.53 bits per heavy atom. The van der Waals surface area contributed by atoms with Crippen molar-refractivity contribution in [3.63, 3.8) is 0 Å². The van der Waals surface area contributed by atoms with Crippen LogP contribution < -0.4 is 9.30 Å². The molecular formula is C34H36NO+. The quantitative estimate of drug-likeness (QED) is 0.171. The number of hydrogen-bond donors (Lipinski definition) is 0. The maximum atomic E-state index is 6.99. The molecule has 4 aromatic carbocycles. The average molecular weight is 475 g/mol. The third-order valence-electron chi connectivity index (χ3n) is 7.63. The molecule has 2 nitrogen and oxygen atoms in total. The van der Waals surface area contributed by atoms with Crippen molar-refractivity contribution in [3.05, 3.63) is 77.5 Å². The summed E-state index contributed by atoms with van der Waals surface area (Å²) in [5.74, 6) is 1.98. The molecule has 0 unspecified atom stereocenters. The van der Waals surface area contributed by atoms with E-state index in [-0.39, 0.29) is 10.8 Å². The van der Waals surface area contributed by atoms with Crippen molar-refractivity contribution >= 4 is 32.3 Å². The van der Waals surface area contributed by atoms with Crippen LogP contribution >= 0.6 is 0 Å². The fourth-order valence-electron chi connectivity index (χ4n) is 6.24. The Labute approximate surface area is 214 Å². The van der Waals surface area contributed by atoms with Gasteiger partial charge in [-0.2, -0.15) is 0 Å². The van der Waals surface area contributed by atoms with Gasteiger partial charge in [0.2, 0.25) is 5.69 Å². The highest BCUT2D eigenvalue weighted by Gasteiger charge is 2.36. The number of aromatic nitrogens is 1. The van der Waals surface area contributed by atoms with Crippen molar-refractivity contribution in [2.75, 3.05) is 0 Å². The van der Waals surface area contributed by atoms with E-state index < -0.39 is 0 Å². The predicted octanol–water partition coefficient (Wildman–Crippen LogP) is 8.94. The van der Waals surface area contributed by atoms with Gasteiger partial charge in [-0.05, 0) is 62.9 Å². The lowest BCUT2D eigenvalue weighted by Crippen LogP contribution is -2.32. The van der Waals surface area contributed by atoms with E-state index in [0.717, 1.165) is 17.9 Å². The number of ether oxygens (including phenoxy) is 1. The van der Waals surface area contributed by atoms with E-state index in [1.54, 1.807) is 0 Å². The first kappa shape index (κ1) is 23.0. The summed E-state index contributed by atoms with van der Waals surface area (Å²) in [5.41, 5.74) is 6.58. The van der Waals surface area contributed by atoms with Gasteiger partial charge in [0.05, 0.1) is 10.9 Å². The number of hydrogen-bond acceptors (Lipinski definition) is 1. The first-order valence-corrected chi connectivity index (χ1v) is 13.1. The van der Waals surface area contributed by atoms with Gasteiger partial charge in [-0.3, -0.25) is 0 Å². The number of aryl methyl sites for hydroxylation is 2. The minimum atomic E-state index is -0.0713. The van der Waals surface area contributed by atoms with Crippen LogP contribution in [0.15, 0.2) is 60.8 Å². The maximum absolute atomic E-state index is 6.99. The van der Waals surface area contributed by atoms with Crippen molar-refractivity contribution in [1.29, 1.82) is 0 Å². The van der Waals surface area contributed by atoms with Crippen molar-refractivity contribution in [2.24, 2.45) is 12.5 Å². The monoisotopic (exact) mass is 474 g/mol. The SMILES string of the molecule is Cc1c2c(c(C(C)(C)C)c3ccccc13)Oc1cc3cc(CC(C)(C)C)ccc3c3cc[n+](C)c-2c13. The lowest BCUT2D eigenvalue weighted by Gasteiger charge is -2.30. The molecule has 1 aliphatic heterocycles.